The minimum Gasteiger partial charge on any atom is -0.491 e. The molecule has 0 aliphatic rings. The van der Waals surface area contributed by atoms with Crippen LogP contribution in [0.3, 0.4) is 0 Å². The molecule has 9 heteroatoms. The fourth-order valence-electron chi connectivity index (χ4n) is 3.20. The molecule has 0 spiro atoms. The number of primary sulfonamides is 1. The van der Waals surface area contributed by atoms with Gasteiger partial charge in [-0.15, -0.1) is 0 Å². The van der Waals surface area contributed by atoms with Crippen molar-refractivity contribution in [1.29, 1.82) is 0 Å². The van der Waals surface area contributed by atoms with Crippen LogP contribution in [0.2, 0.25) is 0 Å². The molecular weight excluding hydrogens is 454 g/mol. The molecule has 0 heterocycles. The number of nitrogens with two attached hydrogens (primary N) is 1. The van der Waals surface area contributed by atoms with E-state index in [1.54, 1.807) is 36.4 Å². The Bertz CT molecular complexity index is 1150. The van der Waals surface area contributed by atoms with Crippen molar-refractivity contribution in [2.24, 2.45) is 5.14 Å². The lowest BCUT2D eigenvalue weighted by molar-refractivity contribution is 0.0953. The Hall–Kier alpha value is -3.24. The van der Waals surface area contributed by atoms with Crippen LogP contribution in [0.1, 0.15) is 21.5 Å². The Kier molecular flexibility index (Phi) is 9.17. The van der Waals surface area contributed by atoms with E-state index in [2.05, 4.69) is 10.6 Å². The van der Waals surface area contributed by atoms with Gasteiger partial charge >= 0.3 is 0 Å². The van der Waals surface area contributed by atoms with Gasteiger partial charge in [0.05, 0.1) is 4.90 Å². The standard InChI is InChI=1S/C25H29N3O5S/c26-34(31,32)24-12-6-19(7-13-24)14-15-28-25(30)21-8-10-23(11-9-21)33-18-22(29)17-27-16-20-4-2-1-3-5-20/h1-13,22,27,29H,14-18H2,(H,28,30)(H2,26,31,32). The van der Waals surface area contributed by atoms with E-state index in [1.807, 2.05) is 30.3 Å². The van der Waals surface area contributed by atoms with Crippen molar-refractivity contribution in [1.82, 2.24) is 10.6 Å². The number of hydrogen-bond donors (Lipinski definition) is 4. The fraction of sp³-hybridized carbons (Fsp3) is 0.240. The maximum atomic E-state index is 12.3. The highest BCUT2D eigenvalue weighted by molar-refractivity contribution is 7.89. The number of sulfonamides is 1. The molecule has 34 heavy (non-hydrogen) atoms. The van der Waals surface area contributed by atoms with Crippen LogP contribution >= 0.6 is 0 Å². The number of benzene rings is 3. The van der Waals surface area contributed by atoms with Crippen molar-refractivity contribution in [2.75, 3.05) is 19.7 Å². The Morgan fingerprint density at radius 3 is 2.26 bits per heavy atom. The smallest absolute Gasteiger partial charge is 0.251 e. The van der Waals surface area contributed by atoms with Crippen molar-refractivity contribution in [3.8, 4) is 5.75 Å². The molecule has 8 nitrogen and oxygen atoms in total. The Labute approximate surface area is 199 Å². The quantitative estimate of drug-likeness (QED) is 0.311. The minimum atomic E-state index is -3.71. The second-order valence-electron chi connectivity index (χ2n) is 7.80. The van der Waals surface area contributed by atoms with Crippen molar-refractivity contribution in [3.63, 3.8) is 0 Å². The number of hydrogen-bond acceptors (Lipinski definition) is 6. The normalized spacial score (nSPS) is 12.2. The van der Waals surface area contributed by atoms with Gasteiger partial charge in [-0.1, -0.05) is 42.5 Å². The Morgan fingerprint density at radius 2 is 1.62 bits per heavy atom. The molecule has 3 rings (SSSR count). The average Bonchev–Trinajstić information content (AvgIpc) is 2.83. The van der Waals surface area contributed by atoms with Gasteiger partial charge in [-0.05, 0) is 53.9 Å². The molecule has 3 aromatic carbocycles. The summed E-state index contributed by atoms with van der Waals surface area (Å²) in [5, 5.41) is 21.2. The number of ether oxygens (including phenoxy) is 1. The lowest BCUT2D eigenvalue weighted by atomic mass is 10.1. The number of carbonyl (C=O) groups excluding carboxylic acids is 1. The highest BCUT2D eigenvalue weighted by Crippen LogP contribution is 2.13. The predicted octanol–water partition coefficient (Wildman–Crippen LogP) is 1.84. The SMILES string of the molecule is NS(=O)(=O)c1ccc(CCNC(=O)c2ccc(OCC(O)CNCc3ccccc3)cc2)cc1. The molecular formula is C25H29N3O5S. The molecule has 0 aliphatic heterocycles. The van der Waals surface area contributed by atoms with Crippen LogP contribution in [-0.2, 0) is 23.0 Å². The monoisotopic (exact) mass is 483 g/mol. The van der Waals surface area contributed by atoms with Crippen molar-refractivity contribution in [2.45, 2.75) is 24.0 Å². The van der Waals surface area contributed by atoms with Crippen LogP contribution in [0.5, 0.6) is 5.75 Å². The summed E-state index contributed by atoms with van der Waals surface area (Å²) in [6, 6.07) is 22.9. The zero-order chi connectivity index (χ0) is 24.4. The number of amides is 1. The number of nitrogens with one attached hydrogen (secondary N) is 2. The zero-order valence-corrected chi connectivity index (χ0v) is 19.5. The Morgan fingerprint density at radius 1 is 0.941 bits per heavy atom. The molecule has 0 radical (unpaired) electrons. The molecule has 1 amide bonds. The van der Waals surface area contributed by atoms with Gasteiger partial charge in [-0.3, -0.25) is 4.79 Å². The van der Waals surface area contributed by atoms with E-state index in [-0.39, 0.29) is 17.4 Å². The van der Waals surface area contributed by atoms with E-state index in [0.29, 0.717) is 37.4 Å². The van der Waals surface area contributed by atoms with E-state index in [9.17, 15) is 18.3 Å². The first kappa shape index (κ1) is 25.4. The van der Waals surface area contributed by atoms with Gasteiger partial charge in [-0.2, -0.15) is 0 Å². The van der Waals surface area contributed by atoms with Gasteiger partial charge < -0.3 is 20.5 Å². The summed E-state index contributed by atoms with van der Waals surface area (Å²) < 4.78 is 28.2. The van der Waals surface area contributed by atoms with Crippen LogP contribution in [0, 0.1) is 0 Å². The second kappa shape index (κ2) is 12.3. The van der Waals surface area contributed by atoms with Gasteiger partial charge in [0.2, 0.25) is 10.0 Å². The number of carbonyl (C=O) groups is 1. The molecule has 0 aliphatic carbocycles. The van der Waals surface area contributed by atoms with E-state index >= 15 is 0 Å². The van der Waals surface area contributed by atoms with E-state index in [1.165, 1.54) is 12.1 Å². The summed E-state index contributed by atoms with van der Waals surface area (Å²) in [5.41, 5.74) is 2.51. The average molecular weight is 484 g/mol. The van der Waals surface area contributed by atoms with Crippen LogP contribution in [0.4, 0.5) is 0 Å². The van der Waals surface area contributed by atoms with Crippen molar-refractivity contribution < 1.29 is 23.1 Å². The first-order valence-corrected chi connectivity index (χ1v) is 12.4. The summed E-state index contributed by atoms with van der Waals surface area (Å²) in [5.74, 6) is 0.339. The van der Waals surface area contributed by atoms with Crippen LogP contribution in [-0.4, -0.2) is 45.2 Å². The molecule has 0 saturated carbocycles. The third kappa shape index (κ3) is 8.27. The van der Waals surface area contributed by atoms with E-state index in [4.69, 9.17) is 9.88 Å². The molecule has 0 fully saturated rings. The Balaban J connectivity index is 1.36. The molecule has 1 atom stereocenters. The molecule has 0 saturated heterocycles. The number of rotatable bonds is 12. The van der Waals surface area contributed by atoms with Gasteiger partial charge in [0.15, 0.2) is 0 Å². The van der Waals surface area contributed by atoms with E-state index in [0.717, 1.165) is 11.1 Å². The molecule has 3 aromatic rings. The molecule has 5 N–H and O–H groups in total. The first-order chi connectivity index (χ1) is 16.3. The highest BCUT2D eigenvalue weighted by Gasteiger charge is 2.09. The zero-order valence-electron chi connectivity index (χ0n) is 18.7. The molecule has 1 unspecified atom stereocenters. The van der Waals surface area contributed by atoms with Crippen LogP contribution < -0.4 is 20.5 Å². The van der Waals surface area contributed by atoms with Gasteiger partial charge in [0.25, 0.3) is 5.91 Å². The fourth-order valence-corrected chi connectivity index (χ4v) is 3.72. The molecule has 0 aromatic heterocycles. The summed E-state index contributed by atoms with van der Waals surface area (Å²) in [7, 11) is -3.71. The minimum absolute atomic E-state index is 0.0542. The van der Waals surface area contributed by atoms with Gasteiger partial charge in [0.1, 0.15) is 18.5 Å². The summed E-state index contributed by atoms with van der Waals surface area (Å²) in [6.07, 6.45) is -0.112. The molecule has 180 valence electrons. The molecule has 0 bridgehead atoms. The lowest BCUT2D eigenvalue weighted by Crippen LogP contribution is -2.31. The number of aliphatic hydroxyl groups is 1. The van der Waals surface area contributed by atoms with Gasteiger partial charge in [-0.25, -0.2) is 13.6 Å². The van der Waals surface area contributed by atoms with Gasteiger partial charge in [0, 0.05) is 25.2 Å². The summed E-state index contributed by atoms with van der Waals surface area (Å²) in [6.45, 7) is 1.61. The maximum absolute atomic E-state index is 12.3. The lowest BCUT2D eigenvalue weighted by Gasteiger charge is -2.13. The third-order valence-electron chi connectivity index (χ3n) is 5.06. The summed E-state index contributed by atoms with van der Waals surface area (Å²) >= 11 is 0. The maximum Gasteiger partial charge on any atom is 0.251 e. The third-order valence-corrected chi connectivity index (χ3v) is 5.99. The van der Waals surface area contributed by atoms with E-state index < -0.39 is 16.1 Å². The summed E-state index contributed by atoms with van der Waals surface area (Å²) in [4.78, 5) is 12.4. The van der Waals surface area contributed by atoms with Crippen LogP contribution in [0.25, 0.3) is 0 Å². The highest BCUT2D eigenvalue weighted by atomic mass is 32.2. The topological polar surface area (TPSA) is 131 Å². The largest absolute Gasteiger partial charge is 0.491 e. The second-order valence-corrected chi connectivity index (χ2v) is 9.36. The van der Waals surface area contributed by atoms with Crippen LogP contribution in [0.15, 0.2) is 83.8 Å². The number of aliphatic hydroxyl groups excluding tert-OH is 1. The first-order valence-electron chi connectivity index (χ1n) is 10.9. The predicted molar refractivity (Wildman–Crippen MR) is 130 cm³/mol. The van der Waals surface area contributed by atoms with Crippen molar-refractivity contribution in [3.05, 3.63) is 95.6 Å². The van der Waals surface area contributed by atoms with Crippen molar-refractivity contribution >= 4 is 15.9 Å².